The molecule has 2 N–H and O–H groups in total. The Labute approximate surface area is 120 Å². The molecule has 0 aromatic rings. The summed E-state index contributed by atoms with van der Waals surface area (Å²) >= 11 is 0. The lowest BCUT2D eigenvalue weighted by Gasteiger charge is -2.44. The van der Waals surface area contributed by atoms with Gasteiger partial charge in [0.25, 0.3) is 0 Å². The predicted octanol–water partition coefficient (Wildman–Crippen LogP) is 1.91. The van der Waals surface area contributed by atoms with E-state index >= 15 is 0 Å². The third-order valence-electron chi connectivity index (χ3n) is 5.46. The highest BCUT2D eigenvalue weighted by molar-refractivity contribution is 5.87. The van der Waals surface area contributed by atoms with Crippen molar-refractivity contribution in [1.29, 1.82) is 0 Å². The quantitative estimate of drug-likeness (QED) is 0.757. The van der Waals surface area contributed by atoms with Crippen molar-refractivity contribution in [1.82, 2.24) is 0 Å². The van der Waals surface area contributed by atoms with Gasteiger partial charge in [-0.1, -0.05) is 37.5 Å². The van der Waals surface area contributed by atoms with Gasteiger partial charge in [-0.15, -0.1) is 0 Å². The first-order chi connectivity index (χ1) is 9.65. The molecule has 0 aromatic carbocycles. The third kappa shape index (κ3) is 2.77. The molecule has 0 radical (unpaired) electrons. The van der Waals surface area contributed by atoms with Crippen LogP contribution in [-0.2, 0) is 4.79 Å². The van der Waals surface area contributed by atoms with Gasteiger partial charge in [0.2, 0.25) is 0 Å². The van der Waals surface area contributed by atoms with E-state index in [9.17, 15) is 15.0 Å². The van der Waals surface area contributed by atoms with Gasteiger partial charge in [0.15, 0.2) is 0 Å². The van der Waals surface area contributed by atoms with Crippen molar-refractivity contribution in [3.05, 3.63) is 0 Å². The monoisotopic (exact) mass is 276 g/mol. The molecule has 0 bridgehead atoms. The first-order valence-corrected chi connectivity index (χ1v) is 8.05. The second kappa shape index (κ2) is 5.87. The fraction of sp³-hybridized carbons (Fsp3) is 0.824. The minimum absolute atomic E-state index is 0.107. The van der Waals surface area contributed by atoms with E-state index in [1.165, 1.54) is 25.7 Å². The van der Waals surface area contributed by atoms with Crippen LogP contribution in [0.4, 0.5) is 0 Å². The number of hydrogen-bond donors (Lipinski definition) is 2. The summed E-state index contributed by atoms with van der Waals surface area (Å²) in [6.45, 7) is 0. The van der Waals surface area contributed by atoms with Gasteiger partial charge in [0, 0.05) is 12.3 Å². The third-order valence-corrected chi connectivity index (χ3v) is 5.46. The van der Waals surface area contributed by atoms with E-state index < -0.39 is 12.2 Å². The summed E-state index contributed by atoms with van der Waals surface area (Å²) in [7, 11) is 0. The zero-order chi connectivity index (χ0) is 14.1. The van der Waals surface area contributed by atoms with E-state index in [1.54, 1.807) is 0 Å². The number of aliphatic hydroxyl groups excluding tert-OH is 2. The summed E-state index contributed by atoms with van der Waals surface area (Å²) in [6, 6.07) is 0. The van der Waals surface area contributed by atoms with E-state index in [-0.39, 0.29) is 17.8 Å². The highest BCUT2D eigenvalue weighted by Crippen LogP contribution is 2.45. The van der Waals surface area contributed by atoms with Crippen LogP contribution in [0.15, 0.2) is 0 Å². The van der Waals surface area contributed by atoms with Gasteiger partial charge in [-0.05, 0) is 31.1 Å². The molecule has 0 aliphatic heterocycles. The number of carbonyl (C=O) groups is 1. The molecule has 3 saturated carbocycles. The summed E-state index contributed by atoms with van der Waals surface area (Å²) in [4.78, 5) is 11.5. The minimum Gasteiger partial charge on any atom is -0.392 e. The van der Waals surface area contributed by atoms with E-state index in [2.05, 4.69) is 11.8 Å². The molecule has 0 saturated heterocycles. The molecule has 0 spiro atoms. The Hall–Kier alpha value is -0.850. The van der Waals surface area contributed by atoms with Crippen LogP contribution in [0.25, 0.3) is 0 Å². The summed E-state index contributed by atoms with van der Waals surface area (Å²) < 4.78 is 0. The molecule has 3 nitrogen and oxygen atoms in total. The molecule has 3 aliphatic carbocycles. The molecule has 0 aromatic heterocycles. The van der Waals surface area contributed by atoms with E-state index in [4.69, 9.17) is 0 Å². The van der Waals surface area contributed by atoms with Crippen LogP contribution in [0, 0.1) is 35.5 Å². The van der Waals surface area contributed by atoms with Gasteiger partial charge in [-0.25, -0.2) is 0 Å². The Morgan fingerprint density at radius 1 is 1.20 bits per heavy atom. The van der Waals surface area contributed by atoms with Crippen LogP contribution in [0.2, 0.25) is 0 Å². The SMILES string of the molecule is O=C1C[C@@H]2[C@@H](C#C[C@@H](O)CC3CCCC3)[C@H](O)CC[C@H]12. The number of aliphatic hydroxyl groups is 2. The highest BCUT2D eigenvalue weighted by atomic mass is 16.3. The fourth-order valence-corrected chi connectivity index (χ4v) is 4.19. The molecule has 20 heavy (non-hydrogen) atoms. The smallest absolute Gasteiger partial charge is 0.136 e. The largest absolute Gasteiger partial charge is 0.392 e. The lowest BCUT2D eigenvalue weighted by Crippen LogP contribution is -2.49. The number of ketones is 1. The highest BCUT2D eigenvalue weighted by Gasteiger charge is 2.48. The number of Topliss-reactive ketones (excluding diaryl/α,β-unsaturated/α-hetero) is 1. The predicted molar refractivity (Wildman–Crippen MR) is 75.7 cm³/mol. The normalized spacial score (nSPS) is 38.6. The van der Waals surface area contributed by atoms with Gasteiger partial charge < -0.3 is 10.2 Å². The van der Waals surface area contributed by atoms with Crippen LogP contribution in [-0.4, -0.2) is 28.2 Å². The summed E-state index contributed by atoms with van der Waals surface area (Å²) in [5.74, 6) is 7.25. The minimum atomic E-state index is -0.568. The van der Waals surface area contributed by atoms with E-state index in [0.717, 1.165) is 12.8 Å². The molecular weight excluding hydrogens is 252 g/mol. The Balaban J connectivity index is 1.58. The van der Waals surface area contributed by atoms with Crippen molar-refractivity contribution in [2.75, 3.05) is 0 Å². The second-order valence-corrected chi connectivity index (χ2v) is 6.80. The van der Waals surface area contributed by atoms with Crippen LogP contribution in [0.3, 0.4) is 0 Å². The molecule has 110 valence electrons. The number of fused-ring (bicyclic) bond motifs is 1. The molecule has 0 amide bonds. The van der Waals surface area contributed by atoms with Crippen molar-refractivity contribution >= 4 is 5.78 Å². The van der Waals surface area contributed by atoms with Gasteiger partial charge in [-0.3, -0.25) is 4.79 Å². The average Bonchev–Trinajstić information content (AvgIpc) is 2.89. The Morgan fingerprint density at radius 3 is 2.65 bits per heavy atom. The summed E-state index contributed by atoms with van der Waals surface area (Å²) in [6.07, 6.45) is 6.81. The zero-order valence-electron chi connectivity index (χ0n) is 11.9. The maximum absolute atomic E-state index is 11.5. The zero-order valence-corrected chi connectivity index (χ0v) is 11.9. The summed E-state index contributed by atoms with van der Waals surface area (Å²) in [5, 5.41) is 20.1. The molecule has 3 heteroatoms. The van der Waals surface area contributed by atoms with Gasteiger partial charge >= 0.3 is 0 Å². The van der Waals surface area contributed by atoms with Crippen LogP contribution in [0.5, 0.6) is 0 Å². The molecule has 5 atom stereocenters. The standard InChI is InChI=1S/C17H24O3/c18-12(9-11-3-1-2-4-11)5-6-13-15-10-17(20)14(15)7-8-16(13)19/h11-16,18-19H,1-4,7-10H2/t12-,13-,14+,15-,16-/m1/s1. The first kappa shape index (κ1) is 14.1. The maximum Gasteiger partial charge on any atom is 0.136 e. The second-order valence-electron chi connectivity index (χ2n) is 6.80. The van der Waals surface area contributed by atoms with Gasteiger partial charge in [0.1, 0.15) is 11.9 Å². The lowest BCUT2D eigenvalue weighted by atomic mass is 9.59. The molecule has 3 rings (SSSR count). The van der Waals surface area contributed by atoms with Crippen LogP contribution < -0.4 is 0 Å². The Morgan fingerprint density at radius 2 is 1.95 bits per heavy atom. The average molecular weight is 276 g/mol. The topological polar surface area (TPSA) is 57.5 Å². The van der Waals surface area contributed by atoms with Crippen molar-refractivity contribution in [3.63, 3.8) is 0 Å². The first-order valence-electron chi connectivity index (χ1n) is 8.05. The fourth-order valence-electron chi connectivity index (χ4n) is 4.19. The van der Waals surface area contributed by atoms with Crippen molar-refractivity contribution in [2.24, 2.45) is 23.7 Å². The maximum atomic E-state index is 11.5. The van der Waals surface area contributed by atoms with E-state index in [0.29, 0.717) is 24.5 Å². The number of rotatable bonds is 2. The van der Waals surface area contributed by atoms with Crippen molar-refractivity contribution in [3.8, 4) is 11.8 Å². The number of hydrogen-bond acceptors (Lipinski definition) is 3. The van der Waals surface area contributed by atoms with E-state index in [1.807, 2.05) is 0 Å². The van der Waals surface area contributed by atoms with Gasteiger partial charge in [0.05, 0.1) is 12.0 Å². The van der Waals surface area contributed by atoms with Crippen molar-refractivity contribution < 1.29 is 15.0 Å². The Bertz CT molecular complexity index is 427. The van der Waals surface area contributed by atoms with Crippen LogP contribution in [0.1, 0.15) is 51.4 Å². The Kier molecular flexibility index (Phi) is 4.14. The summed E-state index contributed by atoms with van der Waals surface area (Å²) in [5.41, 5.74) is 0. The molecule has 3 aliphatic rings. The molecule has 0 unspecified atom stereocenters. The van der Waals surface area contributed by atoms with Crippen molar-refractivity contribution in [2.45, 2.75) is 63.6 Å². The van der Waals surface area contributed by atoms with Crippen LogP contribution >= 0.6 is 0 Å². The molecule has 3 fully saturated rings. The van der Waals surface area contributed by atoms with Gasteiger partial charge in [-0.2, -0.15) is 0 Å². The number of carbonyl (C=O) groups excluding carboxylic acids is 1. The molecular formula is C17H24O3. The molecule has 0 heterocycles. The lowest BCUT2D eigenvalue weighted by molar-refractivity contribution is -0.141.